The van der Waals surface area contributed by atoms with Crippen molar-refractivity contribution in [3.8, 4) is 11.1 Å². The average Bonchev–Trinajstić information content (AvgIpc) is 2.66. The zero-order chi connectivity index (χ0) is 25.7. The van der Waals surface area contributed by atoms with Crippen LogP contribution in [0.4, 0.5) is 13.6 Å². The number of hydrogen-bond donors (Lipinski definition) is 1. The second kappa shape index (κ2) is 9.33. The molecular weight excluding hydrogens is 498 g/mol. The highest BCUT2D eigenvalue weighted by atomic mass is 35.5. The molecule has 3 fully saturated rings. The van der Waals surface area contributed by atoms with E-state index in [1.165, 1.54) is 18.2 Å². The van der Waals surface area contributed by atoms with Crippen LogP contribution in [0.25, 0.3) is 11.1 Å². The van der Waals surface area contributed by atoms with Crippen LogP contribution in [0.5, 0.6) is 0 Å². The van der Waals surface area contributed by atoms with Gasteiger partial charge in [0.15, 0.2) is 0 Å². The molecule has 5 rings (SSSR count). The van der Waals surface area contributed by atoms with Gasteiger partial charge in [-0.3, -0.25) is 0 Å². The second-order valence-corrected chi connectivity index (χ2v) is 12.6. The Bertz CT molecular complexity index is 1220. The molecule has 1 N–H and O–H groups in total. The minimum atomic E-state index is -3.59. The summed E-state index contributed by atoms with van der Waals surface area (Å²) >= 11 is 5.97. The van der Waals surface area contributed by atoms with Gasteiger partial charge in [0, 0.05) is 22.7 Å². The van der Waals surface area contributed by atoms with Crippen LogP contribution in [0, 0.1) is 17.6 Å². The number of rotatable bonds is 5. The summed E-state index contributed by atoms with van der Waals surface area (Å²) in [5, 5.41) is 0.144. The molecule has 2 atom stereocenters. The predicted molar refractivity (Wildman–Crippen MR) is 131 cm³/mol. The summed E-state index contributed by atoms with van der Waals surface area (Å²) < 4.78 is 62.3. The molecule has 1 amide bonds. The molecule has 1 aliphatic carbocycles. The molecule has 2 aliphatic heterocycles. The predicted octanol–water partition coefficient (Wildman–Crippen LogP) is 5.14. The van der Waals surface area contributed by atoms with Crippen molar-refractivity contribution in [2.75, 3.05) is 6.26 Å². The summed E-state index contributed by atoms with van der Waals surface area (Å²) in [6.45, 7) is 5.27. The summed E-state index contributed by atoms with van der Waals surface area (Å²) in [5.74, 6) is -1.12. The summed E-state index contributed by atoms with van der Waals surface area (Å²) in [4.78, 5) is 14.8. The van der Waals surface area contributed by atoms with Crippen molar-refractivity contribution in [1.82, 2.24) is 9.62 Å². The third-order valence-electron chi connectivity index (χ3n) is 6.46. The van der Waals surface area contributed by atoms with Crippen LogP contribution in [0.3, 0.4) is 0 Å². The fourth-order valence-electron chi connectivity index (χ4n) is 5.05. The molecule has 0 spiro atoms. The number of nitrogens with zero attached hydrogens (tertiary/aromatic N) is 1. The van der Waals surface area contributed by atoms with E-state index < -0.39 is 45.4 Å². The van der Waals surface area contributed by atoms with E-state index >= 15 is 4.39 Å². The minimum Gasteiger partial charge on any atom is -0.444 e. The van der Waals surface area contributed by atoms with Gasteiger partial charge in [-0.1, -0.05) is 29.8 Å². The van der Waals surface area contributed by atoms with Crippen molar-refractivity contribution >= 4 is 27.7 Å². The highest BCUT2D eigenvalue weighted by Crippen LogP contribution is 2.45. The van der Waals surface area contributed by atoms with E-state index in [0.717, 1.165) is 12.3 Å². The Morgan fingerprint density at radius 3 is 2.49 bits per heavy atom. The third-order valence-corrected chi connectivity index (χ3v) is 7.38. The van der Waals surface area contributed by atoms with Crippen LogP contribution in [0.1, 0.15) is 39.2 Å². The normalized spacial score (nSPS) is 24.1. The molecule has 2 saturated heterocycles. The molecule has 2 aromatic carbocycles. The van der Waals surface area contributed by atoms with Gasteiger partial charge in [-0.2, -0.15) is 0 Å². The number of halogens is 3. The van der Waals surface area contributed by atoms with Crippen LogP contribution < -0.4 is 4.72 Å². The quantitative estimate of drug-likeness (QED) is 0.585. The second-order valence-electron chi connectivity index (χ2n) is 10.4. The number of sulfonamides is 1. The maximum atomic E-state index is 15.7. The van der Waals surface area contributed by atoms with Crippen molar-refractivity contribution in [2.24, 2.45) is 5.92 Å². The Hall–Kier alpha value is -2.23. The Morgan fingerprint density at radius 2 is 1.89 bits per heavy atom. The van der Waals surface area contributed by atoms with Gasteiger partial charge in [0.1, 0.15) is 17.2 Å². The highest BCUT2D eigenvalue weighted by Gasteiger charge is 2.54. The molecule has 35 heavy (non-hydrogen) atoms. The van der Waals surface area contributed by atoms with E-state index in [4.69, 9.17) is 16.3 Å². The lowest BCUT2D eigenvalue weighted by atomic mass is 9.67. The van der Waals surface area contributed by atoms with Crippen molar-refractivity contribution in [3.63, 3.8) is 0 Å². The largest absolute Gasteiger partial charge is 0.444 e. The zero-order valence-electron chi connectivity index (χ0n) is 20.0. The molecule has 0 radical (unpaired) electrons. The van der Waals surface area contributed by atoms with Crippen LogP contribution >= 0.6 is 11.6 Å². The van der Waals surface area contributed by atoms with E-state index in [9.17, 15) is 17.6 Å². The molecule has 3 aliphatic rings. The number of nitrogens with one attached hydrogen (secondary N) is 1. The first kappa shape index (κ1) is 25.9. The number of carbonyl (C=O) groups is 1. The average molecular weight is 527 g/mol. The topological polar surface area (TPSA) is 75.7 Å². The Labute approximate surface area is 209 Å². The lowest BCUT2D eigenvalue weighted by Gasteiger charge is -2.57. The van der Waals surface area contributed by atoms with Gasteiger partial charge in [-0.25, -0.2) is 26.7 Å². The smallest absolute Gasteiger partial charge is 0.410 e. The van der Waals surface area contributed by atoms with Crippen LogP contribution in [0.2, 0.25) is 5.02 Å². The van der Waals surface area contributed by atoms with Gasteiger partial charge in [0.2, 0.25) is 10.0 Å². The number of hydrogen-bond acceptors (Lipinski definition) is 4. The first-order chi connectivity index (χ1) is 16.2. The van der Waals surface area contributed by atoms with E-state index in [-0.39, 0.29) is 40.1 Å². The Kier molecular flexibility index (Phi) is 6.89. The standard InChI is InChI=1S/C25H29ClF2N2O4S/c1-25(2,3)34-24(31)30-19-10-16(11-19)23(29-35(4,32)33)21(30)12-14-6-5-7-20(22(14)28)15-8-17(26)13-18(27)9-15/h5-9,13,16,19,21,23,29H,10-12H2,1-4H3/t16?,19?,21-,23-/m0/s1. The van der Waals surface area contributed by atoms with Crippen LogP contribution in [-0.2, 0) is 21.2 Å². The van der Waals surface area contributed by atoms with E-state index in [0.29, 0.717) is 12.8 Å². The highest BCUT2D eigenvalue weighted by molar-refractivity contribution is 7.88. The molecule has 10 heteroatoms. The summed E-state index contributed by atoms with van der Waals surface area (Å²) in [5.41, 5.74) is -0.0101. The lowest BCUT2D eigenvalue weighted by molar-refractivity contribution is -0.0652. The van der Waals surface area contributed by atoms with Crippen LogP contribution in [-0.4, -0.2) is 49.4 Å². The van der Waals surface area contributed by atoms with Gasteiger partial charge >= 0.3 is 6.09 Å². The first-order valence-electron chi connectivity index (χ1n) is 11.4. The number of carbonyl (C=O) groups excluding carboxylic acids is 1. The summed E-state index contributed by atoms with van der Waals surface area (Å²) in [6.07, 6.45) is 1.86. The third kappa shape index (κ3) is 5.78. The Balaban J connectivity index is 1.72. The molecule has 0 aromatic heterocycles. The van der Waals surface area contributed by atoms with E-state index in [1.807, 2.05) is 0 Å². The SMILES string of the molecule is CC(C)(C)OC(=O)N1C2CC(C2)[C@H](NS(C)(=O)=O)[C@@H]1Cc1cccc(-c2cc(F)cc(Cl)c2)c1F. The van der Waals surface area contributed by atoms with Crippen molar-refractivity contribution in [1.29, 1.82) is 0 Å². The van der Waals surface area contributed by atoms with Crippen molar-refractivity contribution in [2.45, 2.75) is 63.8 Å². The van der Waals surface area contributed by atoms with Crippen LogP contribution in [0.15, 0.2) is 36.4 Å². The number of benzene rings is 2. The zero-order valence-corrected chi connectivity index (χ0v) is 21.6. The lowest BCUT2D eigenvalue weighted by Crippen LogP contribution is -2.70. The molecule has 190 valence electrons. The fourth-order valence-corrected chi connectivity index (χ4v) is 6.12. The molecule has 2 heterocycles. The fraction of sp³-hybridized carbons (Fsp3) is 0.480. The molecule has 6 nitrogen and oxygen atoms in total. The summed E-state index contributed by atoms with van der Waals surface area (Å²) in [7, 11) is -3.59. The van der Waals surface area contributed by atoms with Crippen molar-refractivity contribution < 1.29 is 26.7 Å². The van der Waals surface area contributed by atoms with Gasteiger partial charge < -0.3 is 9.64 Å². The molecule has 0 unspecified atom stereocenters. The molecular formula is C25H29ClF2N2O4S. The molecule has 1 saturated carbocycles. The van der Waals surface area contributed by atoms with Gasteiger partial charge in [0.05, 0.1) is 12.3 Å². The first-order valence-corrected chi connectivity index (χ1v) is 13.7. The minimum absolute atomic E-state index is 0.0340. The monoisotopic (exact) mass is 526 g/mol. The number of amides is 1. The maximum Gasteiger partial charge on any atom is 0.410 e. The van der Waals surface area contributed by atoms with Gasteiger partial charge in [0.25, 0.3) is 0 Å². The molecule has 2 bridgehead atoms. The summed E-state index contributed by atoms with van der Waals surface area (Å²) in [6, 6.07) is 7.23. The Morgan fingerprint density at radius 1 is 1.20 bits per heavy atom. The molecule has 2 aromatic rings. The van der Waals surface area contributed by atoms with E-state index in [2.05, 4.69) is 4.72 Å². The maximum absolute atomic E-state index is 15.7. The van der Waals surface area contributed by atoms with Gasteiger partial charge in [-0.05, 0) is 75.3 Å². The van der Waals surface area contributed by atoms with Gasteiger partial charge in [-0.15, -0.1) is 0 Å². The number of fused-ring (bicyclic) bond motifs is 2. The van der Waals surface area contributed by atoms with Crippen molar-refractivity contribution in [3.05, 3.63) is 58.6 Å². The van der Waals surface area contributed by atoms with E-state index in [1.54, 1.807) is 37.8 Å². The number of ether oxygens (including phenoxy) is 1. The number of piperidine rings is 2.